The van der Waals surface area contributed by atoms with Gasteiger partial charge < -0.3 is 19.6 Å². The molecule has 1 aliphatic carbocycles. The van der Waals surface area contributed by atoms with Crippen LogP contribution in [0, 0.1) is 5.92 Å². The minimum absolute atomic E-state index is 0.0902. The number of hydrogen-bond acceptors (Lipinski definition) is 4. The number of fused-ring (bicyclic) bond motifs is 1. The molecule has 1 fully saturated rings. The van der Waals surface area contributed by atoms with Crippen molar-refractivity contribution in [3.63, 3.8) is 0 Å². The van der Waals surface area contributed by atoms with Crippen LogP contribution in [0.1, 0.15) is 31.6 Å². The van der Waals surface area contributed by atoms with Gasteiger partial charge in [0, 0.05) is 5.39 Å². The first-order valence-corrected chi connectivity index (χ1v) is 7.15. The van der Waals surface area contributed by atoms with Crippen molar-refractivity contribution in [1.82, 2.24) is 5.32 Å². The maximum Gasteiger partial charge on any atom is 0.176 e. The zero-order valence-electron chi connectivity index (χ0n) is 11.9. The minimum Gasteiger partial charge on any atom is -0.493 e. The van der Waals surface area contributed by atoms with Gasteiger partial charge in [-0.3, -0.25) is 0 Å². The van der Waals surface area contributed by atoms with E-state index in [9.17, 15) is 5.11 Å². The van der Waals surface area contributed by atoms with Crippen molar-refractivity contribution >= 4 is 11.0 Å². The van der Waals surface area contributed by atoms with Crippen molar-refractivity contribution in [3.05, 3.63) is 30.0 Å². The van der Waals surface area contributed by atoms with Crippen LogP contribution in [0.4, 0.5) is 0 Å². The van der Waals surface area contributed by atoms with Crippen molar-refractivity contribution in [2.45, 2.75) is 31.9 Å². The fraction of sp³-hybridized carbons (Fsp3) is 0.500. The Hall–Kier alpha value is -1.52. The van der Waals surface area contributed by atoms with Gasteiger partial charge in [0.25, 0.3) is 0 Å². The number of para-hydroxylation sites is 1. The molecule has 108 valence electrons. The standard InChI is InChI=1S/C16H21NO3/c1-10(17-9-11-6-13(18)7-11)15-8-12-4-3-5-14(19-2)16(12)20-15/h3-5,8,10-11,13,17-18H,6-7,9H2,1-2H3. The Labute approximate surface area is 118 Å². The Bertz CT molecular complexity index is 586. The lowest BCUT2D eigenvalue weighted by Gasteiger charge is -2.32. The lowest BCUT2D eigenvalue weighted by molar-refractivity contribution is 0.0418. The summed E-state index contributed by atoms with van der Waals surface area (Å²) in [6.45, 7) is 3.02. The molecule has 4 nitrogen and oxygen atoms in total. The van der Waals surface area contributed by atoms with E-state index in [0.717, 1.165) is 41.9 Å². The van der Waals surface area contributed by atoms with Gasteiger partial charge in [0.05, 0.1) is 19.3 Å². The van der Waals surface area contributed by atoms with Crippen LogP contribution < -0.4 is 10.1 Å². The molecule has 0 saturated heterocycles. The third-order valence-electron chi connectivity index (χ3n) is 4.10. The molecule has 1 unspecified atom stereocenters. The maximum atomic E-state index is 9.29. The summed E-state index contributed by atoms with van der Waals surface area (Å²) in [6, 6.07) is 8.12. The number of aliphatic hydroxyl groups is 1. The van der Waals surface area contributed by atoms with Gasteiger partial charge in [0.1, 0.15) is 5.76 Å². The van der Waals surface area contributed by atoms with Gasteiger partial charge in [0.15, 0.2) is 11.3 Å². The fourth-order valence-electron chi connectivity index (χ4n) is 2.74. The molecule has 3 rings (SSSR count). The smallest absolute Gasteiger partial charge is 0.176 e. The van der Waals surface area contributed by atoms with Crippen LogP contribution in [-0.2, 0) is 0 Å². The van der Waals surface area contributed by atoms with Crippen molar-refractivity contribution < 1.29 is 14.3 Å². The van der Waals surface area contributed by atoms with E-state index < -0.39 is 0 Å². The second-order valence-electron chi connectivity index (χ2n) is 5.65. The first-order chi connectivity index (χ1) is 9.67. The Morgan fingerprint density at radius 2 is 2.25 bits per heavy atom. The average molecular weight is 275 g/mol. The molecule has 1 aromatic heterocycles. The highest BCUT2D eigenvalue weighted by molar-refractivity contribution is 5.83. The van der Waals surface area contributed by atoms with Gasteiger partial charge in [-0.15, -0.1) is 0 Å². The van der Waals surface area contributed by atoms with Crippen LogP contribution in [0.3, 0.4) is 0 Å². The Morgan fingerprint density at radius 3 is 2.95 bits per heavy atom. The summed E-state index contributed by atoms with van der Waals surface area (Å²) in [5.41, 5.74) is 0.803. The van der Waals surface area contributed by atoms with Crippen LogP contribution in [0.15, 0.2) is 28.7 Å². The average Bonchev–Trinajstić information content (AvgIpc) is 2.85. The number of ether oxygens (including phenoxy) is 1. The molecule has 2 N–H and O–H groups in total. The summed E-state index contributed by atoms with van der Waals surface area (Å²) in [4.78, 5) is 0. The molecule has 0 spiro atoms. The number of furan rings is 1. The van der Waals surface area contributed by atoms with E-state index >= 15 is 0 Å². The second kappa shape index (κ2) is 5.46. The van der Waals surface area contributed by atoms with Crippen LogP contribution in [0.5, 0.6) is 5.75 Å². The zero-order chi connectivity index (χ0) is 14.1. The van der Waals surface area contributed by atoms with Crippen molar-refractivity contribution in [2.24, 2.45) is 5.92 Å². The Balaban J connectivity index is 1.69. The van der Waals surface area contributed by atoms with Crippen LogP contribution in [0.25, 0.3) is 11.0 Å². The largest absolute Gasteiger partial charge is 0.493 e. The number of aliphatic hydroxyl groups excluding tert-OH is 1. The van der Waals surface area contributed by atoms with Gasteiger partial charge in [-0.05, 0) is 44.4 Å². The molecule has 4 heteroatoms. The Morgan fingerprint density at radius 1 is 1.45 bits per heavy atom. The molecule has 0 amide bonds. The third-order valence-corrected chi connectivity index (χ3v) is 4.10. The summed E-state index contributed by atoms with van der Waals surface area (Å²) >= 11 is 0. The fourth-order valence-corrected chi connectivity index (χ4v) is 2.74. The minimum atomic E-state index is -0.0902. The Kier molecular flexibility index (Phi) is 3.68. The molecule has 0 bridgehead atoms. The zero-order valence-corrected chi connectivity index (χ0v) is 11.9. The van der Waals surface area contributed by atoms with Gasteiger partial charge in [-0.1, -0.05) is 12.1 Å². The summed E-state index contributed by atoms with van der Waals surface area (Å²) in [7, 11) is 1.65. The first-order valence-electron chi connectivity index (χ1n) is 7.15. The number of methoxy groups -OCH3 is 1. The molecule has 1 aliphatic rings. The monoisotopic (exact) mass is 275 g/mol. The molecule has 2 aromatic rings. The molecular formula is C16H21NO3. The van der Waals surface area contributed by atoms with E-state index in [1.807, 2.05) is 18.2 Å². The summed E-state index contributed by atoms with van der Waals surface area (Å²) < 4.78 is 11.2. The van der Waals surface area contributed by atoms with Crippen molar-refractivity contribution in [3.8, 4) is 5.75 Å². The lowest BCUT2D eigenvalue weighted by atomic mass is 9.82. The highest BCUT2D eigenvalue weighted by Crippen LogP contribution is 2.31. The first kappa shape index (κ1) is 13.5. The second-order valence-corrected chi connectivity index (χ2v) is 5.65. The summed E-state index contributed by atoms with van der Waals surface area (Å²) in [5.74, 6) is 2.28. The van der Waals surface area contributed by atoms with Crippen LogP contribution in [0.2, 0.25) is 0 Å². The highest BCUT2D eigenvalue weighted by Gasteiger charge is 2.27. The number of hydrogen-bond donors (Lipinski definition) is 2. The van der Waals surface area contributed by atoms with Crippen molar-refractivity contribution in [2.75, 3.05) is 13.7 Å². The molecule has 1 saturated carbocycles. The third kappa shape index (κ3) is 2.53. The highest BCUT2D eigenvalue weighted by atomic mass is 16.5. The molecule has 1 heterocycles. The molecule has 1 atom stereocenters. The molecule has 0 aliphatic heterocycles. The summed E-state index contributed by atoms with van der Waals surface area (Å²) in [5, 5.41) is 13.8. The number of benzene rings is 1. The topological polar surface area (TPSA) is 54.6 Å². The molecule has 0 radical (unpaired) electrons. The van der Waals surface area contributed by atoms with E-state index in [1.165, 1.54) is 0 Å². The lowest BCUT2D eigenvalue weighted by Crippen LogP contribution is -2.36. The van der Waals surface area contributed by atoms with E-state index in [0.29, 0.717) is 5.92 Å². The quantitative estimate of drug-likeness (QED) is 0.881. The SMILES string of the molecule is COc1cccc2cc(C(C)NCC3CC(O)C3)oc12. The maximum absolute atomic E-state index is 9.29. The predicted octanol–water partition coefficient (Wildman–Crippen LogP) is 2.86. The molecule has 1 aromatic carbocycles. The van der Waals surface area contributed by atoms with E-state index in [1.54, 1.807) is 7.11 Å². The number of rotatable bonds is 5. The predicted molar refractivity (Wildman–Crippen MR) is 77.9 cm³/mol. The van der Waals surface area contributed by atoms with E-state index in [4.69, 9.17) is 9.15 Å². The summed E-state index contributed by atoms with van der Waals surface area (Å²) in [6.07, 6.45) is 1.73. The normalized spacial score (nSPS) is 23.6. The number of nitrogens with one attached hydrogen (secondary N) is 1. The molecular weight excluding hydrogens is 254 g/mol. The molecule has 20 heavy (non-hydrogen) atoms. The van der Waals surface area contributed by atoms with Gasteiger partial charge in [-0.25, -0.2) is 0 Å². The van der Waals surface area contributed by atoms with Crippen molar-refractivity contribution in [1.29, 1.82) is 0 Å². The van der Waals surface area contributed by atoms with Crippen LogP contribution in [-0.4, -0.2) is 24.9 Å². The van der Waals surface area contributed by atoms with E-state index in [-0.39, 0.29) is 12.1 Å². The van der Waals surface area contributed by atoms with Gasteiger partial charge in [-0.2, -0.15) is 0 Å². The van der Waals surface area contributed by atoms with Gasteiger partial charge >= 0.3 is 0 Å². The van der Waals surface area contributed by atoms with E-state index in [2.05, 4.69) is 18.3 Å². The van der Waals surface area contributed by atoms with Crippen LogP contribution >= 0.6 is 0 Å². The van der Waals surface area contributed by atoms with Gasteiger partial charge in [0.2, 0.25) is 0 Å².